The molecule has 0 spiro atoms. The summed E-state index contributed by atoms with van der Waals surface area (Å²) in [5.41, 5.74) is 1.23. The molecule has 0 aliphatic carbocycles. The minimum Gasteiger partial charge on any atom is -0.300 e. The first kappa shape index (κ1) is 6.66. The van der Waals surface area contributed by atoms with Gasteiger partial charge >= 0.3 is 0 Å². The van der Waals surface area contributed by atoms with Crippen molar-refractivity contribution in [1.82, 2.24) is 0 Å². The van der Waals surface area contributed by atoms with Crippen LogP contribution in [0.5, 0.6) is 0 Å². The third-order valence-corrected chi connectivity index (χ3v) is 0.588. The topological polar surface area (TPSA) is 35.2 Å². The Labute approximate surface area is 43.9 Å². The van der Waals surface area contributed by atoms with Crippen molar-refractivity contribution in [2.45, 2.75) is 13.8 Å². The molecule has 0 bridgehead atoms. The van der Waals surface area contributed by atoms with Crippen LogP contribution in [-0.4, -0.2) is 6.61 Å². The van der Waals surface area contributed by atoms with Crippen LogP contribution in [0.2, 0.25) is 0 Å². The van der Waals surface area contributed by atoms with Crippen molar-refractivity contribution >= 4 is 0 Å². The average molecular weight is 101 g/mol. The molecule has 42 valence electrons. The van der Waals surface area contributed by atoms with Gasteiger partial charge in [-0.1, -0.05) is 11.6 Å². The molecule has 0 aliphatic rings. The fraction of sp³-hybridized carbons (Fsp3) is 0.600. The summed E-state index contributed by atoms with van der Waals surface area (Å²) in [4.78, 5) is 4.28. The van der Waals surface area contributed by atoms with Gasteiger partial charge in [0.1, 0.15) is 0 Å². The van der Waals surface area contributed by atoms with E-state index < -0.39 is 0 Å². The van der Waals surface area contributed by atoms with Gasteiger partial charge in [-0.25, -0.2) is 5.90 Å². The first-order chi connectivity index (χ1) is 3.27. The van der Waals surface area contributed by atoms with Crippen LogP contribution in [0.15, 0.2) is 11.6 Å². The number of hydrogen-bond acceptors (Lipinski definition) is 2. The Kier molecular flexibility index (Phi) is 3.65. The Morgan fingerprint density at radius 3 is 2.43 bits per heavy atom. The minimum absolute atomic E-state index is 0.516. The molecule has 0 aromatic rings. The Morgan fingerprint density at radius 1 is 1.71 bits per heavy atom. The zero-order valence-electron chi connectivity index (χ0n) is 4.77. The van der Waals surface area contributed by atoms with Gasteiger partial charge in [0.2, 0.25) is 0 Å². The van der Waals surface area contributed by atoms with E-state index in [1.54, 1.807) is 0 Å². The molecule has 0 aromatic carbocycles. The van der Waals surface area contributed by atoms with Gasteiger partial charge in [-0.3, -0.25) is 0 Å². The molecule has 0 unspecified atom stereocenters. The number of nitrogens with two attached hydrogens (primary N) is 1. The summed E-state index contributed by atoms with van der Waals surface area (Å²) in [7, 11) is 0. The highest BCUT2D eigenvalue weighted by Crippen LogP contribution is 1.85. The summed E-state index contributed by atoms with van der Waals surface area (Å²) in [6, 6.07) is 0. The molecule has 0 heterocycles. The van der Waals surface area contributed by atoms with Crippen LogP contribution in [0.25, 0.3) is 0 Å². The van der Waals surface area contributed by atoms with Crippen LogP contribution in [0, 0.1) is 0 Å². The number of rotatable bonds is 2. The molecule has 2 heteroatoms. The summed E-state index contributed by atoms with van der Waals surface area (Å²) in [6.07, 6.45) is 1.92. The lowest BCUT2D eigenvalue weighted by Crippen LogP contribution is -1.97. The molecular formula is C5H11NO. The molecule has 0 fully saturated rings. The number of allylic oxidation sites excluding steroid dienone is 1. The molecule has 7 heavy (non-hydrogen) atoms. The SMILES string of the molecule is CC(C)=CCON. The van der Waals surface area contributed by atoms with Gasteiger partial charge in [0, 0.05) is 0 Å². The van der Waals surface area contributed by atoms with Crippen LogP contribution < -0.4 is 5.90 Å². The van der Waals surface area contributed by atoms with Gasteiger partial charge in [0.05, 0.1) is 6.61 Å². The Balaban J connectivity index is 3.08. The van der Waals surface area contributed by atoms with E-state index in [9.17, 15) is 0 Å². The van der Waals surface area contributed by atoms with E-state index in [1.807, 2.05) is 19.9 Å². The van der Waals surface area contributed by atoms with Crippen molar-refractivity contribution in [2.24, 2.45) is 5.90 Å². The molecule has 2 nitrogen and oxygen atoms in total. The van der Waals surface area contributed by atoms with E-state index in [0.29, 0.717) is 6.61 Å². The fourth-order valence-corrected chi connectivity index (χ4v) is 0.215. The quantitative estimate of drug-likeness (QED) is 0.413. The van der Waals surface area contributed by atoms with E-state index in [1.165, 1.54) is 5.57 Å². The normalized spacial score (nSPS) is 8.43. The Morgan fingerprint density at radius 2 is 2.29 bits per heavy atom. The van der Waals surface area contributed by atoms with Gasteiger partial charge < -0.3 is 4.84 Å². The fourth-order valence-electron chi connectivity index (χ4n) is 0.215. The Hall–Kier alpha value is -0.340. The van der Waals surface area contributed by atoms with E-state index in [2.05, 4.69) is 4.84 Å². The van der Waals surface area contributed by atoms with Crippen LogP contribution >= 0.6 is 0 Å². The van der Waals surface area contributed by atoms with Crippen LogP contribution in [-0.2, 0) is 4.84 Å². The zero-order chi connectivity index (χ0) is 5.70. The third-order valence-electron chi connectivity index (χ3n) is 0.588. The number of hydrogen-bond donors (Lipinski definition) is 1. The van der Waals surface area contributed by atoms with Gasteiger partial charge in [0.15, 0.2) is 0 Å². The average Bonchev–Trinajstić information content (AvgIpc) is 1.61. The molecule has 0 atom stereocenters. The summed E-state index contributed by atoms with van der Waals surface area (Å²) < 4.78 is 0. The lowest BCUT2D eigenvalue weighted by molar-refractivity contribution is 0.167. The Bertz CT molecular complexity index is 64.5. The molecule has 0 aromatic heterocycles. The smallest absolute Gasteiger partial charge is 0.0863 e. The van der Waals surface area contributed by atoms with Crippen molar-refractivity contribution in [3.8, 4) is 0 Å². The van der Waals surface area contributed by atoms with E-state index in [-0.39, 0.29) is 0 Å². The van der Waals surface area contributed by atoms with Gasteiger partial charge in [-0.2, -0.15) is 0 Å². The highest BCUT2D eigenvalue weighted by molar-refractivity contribution is 4.92. The lowest BCUT2D eigenvalue weighted by Gasteiger charge is -1.87. The van der Waals surface area contributed by atoms with Crippen molar-refractivity contribution in [2.75, 3.05) is 6.61 Å². The third kappa shape index (κ3) is 5.66. The lowest BCUT2D eigenvalue weighted by atomic mass is 10.3. The zero-order valence-corrected chi connectivity index (χ0v) is 4.77. The molecule has 0 saturated carbocycles. The van der Waals surface area contributed by atoms with Gasteiger partial charge in [-0.05, 0) is 13.8 Å². The molecule has 0 rings (SSSR count). The summed E-state index contributed by atoms with van der Waals surface area (Å²) >= 11 is 0. The highest BCUT2D eigenvalue weighted by atomic mass is 16.6. The van der Waals surface area contributed by atoms with Crippen molar-refractivity contribution < 1.29 is 4.84 Å². The summed E-state index contributed by atoms with van der Waals surface area (Å²) in [5.74, 6) is 4.73. The molecule has 0 saturated heterocycles. The molecule has 0 amide bonds. The first-order valence-corrected chi connectivity index (χ1v) is 2.22. The molecule has 2 N–H and O–H groups in total. The second-order valence-corrected chi connectivity index (χ2v) is 1.61. The van der Waals surface area contributed by atoms with E-state index >= 15 is 0 Å². The van der Waals surface area contributed by atoms with Crippen molar-refractivity contribution in [3.05, 3.63) is 11.6 Å². The van der Waals surface area contributed by atoms with Crippen molar-refractivity contribution in [3.63, 3.8) is 0 Å². The van der Waals surface area contributed by atoms with Gasteiger partial charge in [-0.15, -0.1) is 0 Å². The first-order valence-electron chi connectivity index (χ1n) is 2.22. The van der Waals surface area contributed by atoms with Crippen molar-refractivity contribution in [1.29, 1.82) is 0 Å². The van der Waals surface area contributed by atoms with E-state index in [4.69, 9.17) is 5.90 Å². The molecular weight excluding hydrogens is 90.1 g/mol. The minimum atomic E-state index is 0.516. The summed E-state index contributed by atoms with van der Waals surface area (Å²) in [6.45, 7) is 4.51. The largest absolute Gasteiger partial charge is 0.300 e. The second-order valence-electron chi connectivity index (χ2n) is 1.61. The maximum Gasteiger partial charge on any atom is 0.0863 e. The molecule has 0 radical (unpaired) electrons. The van der Waals surface area contributed by atoms with Crippen LogP contribution in [0.1, 0.15) is 13.8 Å². The van der Waals surface area contributed by atoms with E-state index in [0.717, 1.165) is 0 Å². The maximum atomic E-state index is 4.73. The second kappa shape index (κ2) is 3.84. The predicted octanol–water partition coefficient (Wildman–Crippen LogP) is 0.843. The predicted molar refractivity (Wildman–Crippen MR) is 29.6 cm³/mol. The standard InChI is InChI=1S/C5H11NO/c1-5(2)3-4-7-6/h3H,4,6H2,1-2H3. The van der Waals surface area contributed by atoms with Gasteiger partial charge in [0.25, 0.3) is 0 Å². The van der Waals surface area contributed by atoms with Crippen LogP contribution in [0.3, 0.4) is 0 Å². The summed E-state index contributed by atoms with van der Waals surface area (Å²) in [5, 5.41) is 0. The highest BCUT2D eigenvalue weighted by Gasteiger charge is 1.72. The maximum absolute atomic E-state index is 4.73. The monoisotopic (exact) mass is 101 g/mol. The van der Waals surface area contributed by atoms with Crippen LogP contribution in [0.4, 0.5) is 0 Å². The molecule has 0 aliphatic heterocycles.